The van der Waals surface area contributed by atoms with E-state index in [0.29, 0.717) is 0 Å². The second kappa shape index (κ2) is 8.60. The molecule has 4 atom stereocenters. The first kappa shape index (κ1) is 24.2. The predicted molar refractivity (Wildman–Crippen MR) is 103 cm³/mol. The van der Waals surface area contributed by atoms with Crippen LogP contribution < -0.4 is 5.32 Å². The molecule has 11 nitrogen and oxygen atoms in total. The Morgan fingerprint density at radius 3 is 2.40 bits per heavy atom. The topological polar surface area (TPSA) is 130 Å². The number of rotatable bonds is 7. The number of carbonyl (C=O) groups excluding carboxylic acids is 4. The average molecular weight is 495 g/mol. The second-order valence-electron chi connectivity index (χ2n) is 8.07. The Balaban J connectivity index is 2.03. The van der Waals surface area contributed by atoms with Crippen molar-refractivity contribution in [3.8, 4) is 0 Å². The van der Waals surface area contributed by atoms with Gasteiger partial charge in [-0.25, -0.2) is 0 Å². The molecule has 0 bridgehead atoms. The Morgan fingerprint density at radius 1 is 1.23 bits per heavy atom. The van der Waals surface area contributed by atoms with E-state index in [4.69, 9.17) is 23.7 Å². The summed E-state index contributed by atoms with van der Waals surface area (Å²) in [6.45, 7) is 8.18. The Bertz CT molecular complexity index is 725. The van der Waals surface area contributed by atoms with Gasteiger partial charge in [-0.15, -0.1) is 0 Å². The molecular formula is C18H28N2O9Se. The molecule has 0 aromatic carbocycles. The summed E-state index contributed by atoms with van der Waals surface area (Å²) in [5, 5.41) is 2.96. The van der Waals surface area contributed by atoms with Gasteiger partial charge in [-0.1, -0.05) is 0 Å². The molecule has 0 aromatic heterocycles. The van der Waals surface area contributed by atoms with Crippen LogP contribution >= 0.6 is 0 Å². The van der Waals surface area contributed by atoms with Crippen LogP contribution in [0.2, 0.25) is 10.6 Å². The van der Waals surface area contributed by atoms with E-state index in [1.807, 2.05) is 0 Å². The maximum atomic E-state index is 12.4. The third-order valence-corrected chi connectivity index (χ3v) is 7.14. The number of amides is 2. The summed E-state index contributed by atoms with van der Waals surface area (Å²) < 4.78 is 25.9. The first-order valence-electron chi connectivity index (χ1n) is 9.23. The minimum atomic E-state index is -1.44. The van der Waals surface area contributed by atoms with Crippen LogP contribution in [0.15, 0.2) is 0 Å². The first-order valence-corrected chi connectivity index (χ1v) is 11.7. The Morgan fingerprint density at radius 2 is 1.87 bits per heavy atom. The molecule has 30 heavy (non-hydrogen) atoms. The Labute approximate surface area is 181 Å². The number of hydrogen-bond acceptors (Lipinski definition) is 9. The van der Waals surface area contributed by atoms with Crippen molar-refractivity contribution in [2.24, 2.45) is 0 Å². The van der Waals surface area contributed by atoms with Crippen molar-refractivity contribution in [3.63, 3.8) is 0 Å². The number of methoxy groups -OCH3 is 2. The predicted octanol–water partition coefficient (Wildman–Crippen LogP) is 1.05. The molecule has 170 valence electrons. The van der Waals surface area contributed by atoms with Gasteiger partial charge in [0.1, 0.15) is 0 Å². The standard InChI is InChI=1S/C18H28N2O9Se/c1-16(2,3)28-14(23)19-10(12(21)25-6)8-30-9-11-13(22)27-17(4)18(5,26-7)29-15(24)20(11)17/h10-11H,8-9H2,1-7H3,(H,19,23)/t10-,11-,17+,18-/m0/s1. The number of cyclic esters (lactones) is 1. The molecule has 0 saturated carbocycles. The summed E-state index contributed by atoms with van der Waals surface area (Å²) >= 11 is -0.338. The number of carbonyl (C=O) groups is 4. The van der Waals surface area contributed by atoms with Crippen LogP contribution in [-0.4, -0.2) is 87.4 Å². The van der Waals surface area contributed by atoms with Crippen LogP contribution in [0.25, 0.3) is 0 Å². The normalized spacial score (nSPS) is 29.0. The van der Waals surface area contributed by atoms with Crippen molar-refractivity contribution in [2.75, 3.05) is 14.2 Å². The molecule has 2 aliphatic heterocycles. The molecule has 0 spiro atoms. The average Bonchev–Trinajstić information content (AvgIpc) is 2.99. The zero-order valence-electron chi connectivity index (χ0n) is 18.1. The SMILES string of the molecule is COC(=O)[C@H](C[Se]C[C@H]1C(=O)O[C@@]2(C)N1C(=O)O[C@]2(C)OC)NC(=O)OC(C)(C)C. The van der Waals surface area contributed by atoms with Crippen molar-refractivity contribution >= 4 is 39.1 Å². The molecule has 0 aliphatic carbocycles. The summed E-state index contributed by atoms with van der Waals surface area (Å²) in [6.07, 6.45) is -1.47. The molecule has 2 rings (SSSR count). The van der Waals surface area contributed by atoms with Crippen LogP contribution in [-0.2, 0) is 33.3 Å². The van der Waals surface area contributed by atoms with Gasteiger partial charge in [-0.2, -0.15) is 0 Å². The molecule has 0 aromatic rings. The van der Waals surface area contributed by atoms with Gasteiger partial charge >= 0.3 is 181 Å². The van der Waals surface area contributed by atoms with E-state index >= 15 is 0 Å². The summed E-state index contributed by atoms with van der Waals surface area (Å²) in [6, 6.07) is -1.82. The fourth-order valence-corrected chi connectivity index (χ4v) is 5.38. The molecule has 2 aliphatic rings. The molecule has 2 amide bonds. The minimum absolute atomic E-state index is 0.226. The summed E-state index contributed by atoms with van der Waals surface area (Å²) in [4.78, 5) is 50.1. The fraction of sp³-hybridized carbons (Fsp3) is 0.778. The van der Waals surface area contributed by atoms with E-state index in [1.54, 1.807) is 27.7 Å². The number of ether oxygens (including phenoxy) is 5. The molecule has 2 saturated heterocycles. The van der Waals surface area contributed by atoms with Gasteiger partial charge in [0.05, 0.1) is 0 Å². The summed E-state index contributed by atoms with van der Waals surface area (Å²) in [7, 11) is 2.57. The Hall–Kier alpha value is -2.04. The van der Waals surface area contributed by atoms with E-state index in [1.165, 1.54) is 26.0 Å². The number of hydrogen-bond donors (Lipinski definition) is 1. The molecule has 2 fully saturated rings. The number of fused-ring (bicyclic) bond motifs is 1. The van der Waals surface area contributed by atoms with Crippen molar-refractivity contribution < 1.29 is 42.9 Å². The summed E-state index contributed by atoms with van der Waals surface area (Å²) in [5.74, 6) is -2.64. The van der Waals surface area contributed by atoms with Gasteiger partial charge in [0.25, 0.3) is 0 Å². The maximum absolute atomic E-state index is 12.4. The van der Waals surface area contributed by atoms with E-state index in [-0.39, 0.29) is 25.6 Å². The number of nitrogens with zero attached hydrogens (tertiary/aromatic N) is 1. The molecule has 0 radical (unpaired) electrons. The van der Waals surface area contributed by atoms with Gasteiger partial charge in [0.15, 0.2) is 0 Å². The van der Waals surface area contributed by atoms with Crippen LogP contribution in [0.3, 0.4) is 0 Å². The number of alkyl carbamates (subject to hydrolysis) is 1. The van der Waals surface area contributed by atoms with Crippen LogP contribution in [0.1, 0.15) is 34.6 Å². The third-order valence-electron chi connectivity index (χ3n) is 4.79. The molecule has 0 unspecified atom stereocenters. The van der Waals surface area contributed by atoms with Crippen molar-refractivity contribution in [1.82, 2.24) is 10.2 Å². The number of esters is 2. The van der Waals surface area contributed by atoms with Crippen molar-refractivity contribution in [2.45, 2.75) is 74.5 Å². The van der Waals surface area contributed by atoms with Crippen LogP contribution in [0, 0.1) is 0 Å². The first-order chi connectivity index (χ1) is 13.8. The van der Waals surface area contributed by atoms with E-state index in [9.17, 15) is 19.2 Å². The zero-order valence-corrected chi connectivity index (χ0v) is 19.8. The zero-order chi connectivity index (χ0) is 22.9. The van der Waals surface area contributed by atoms with Crippen LogP contribution in [0.5, 0.6) is 0 Å². The Kier molecular flexibility index (Phi) is 6.95. The van der Waals surface area contributed by atoms with Crippen molar-refractivity contribution in [1.29, 1.82) is 0 Å². The van der Waals surface area contributed by atoms with E-state index in [2.05, 4.69) is 5.32 Å². The van der Waals surface area contributed by atoms with E-state index < -0.39 is 53.3 Å². The van der Waals surface area contributed by atoms with Gasteiger partial charge in [-0.05, 0) is 0 Å². The van der Waals surface area contributed by atoms with Gasteiger partial charge < -0.3 is 0 Å². The molecular weight excluding hydrogens is 467 g/mol. The van der Waals surface area contributed by atoms with Crippen LogP contribution in [0.4, 0.5) is 9.59 Å². The number of nitrogens with one attached hydrogen (secondary N) is 1. The molecule has 12 heteroatoms. The molecule has 2 heterocycles. The monoisotopic (exact) mass is 496 g/mol. The fourth-order valence-electron chi connectivity index (χ4n) is 3.07. The summed E-state index contributed by atoms with van der Waals surface area (Å²) in [5.41, 5.74) is -2.12. The second-order valence-corrected chi connectivity index (χ2v) is 10.3. The van der Waals surface area contributed by atoms with Gasteiger partial charge in [-0.3, -0.25) is 0 Å². The van der Waals surface area contributed by atoms with E-state index in [0.717, 1.165) is 0 Å². The van der Waals surface area contributed by atoms with Gasteiger partial charge in [0.2, 0.25) is 0 Å². The third kappa shape index (κ3) is 4.65. The molecule has 1 N–H and O–H groups in total. The van der Waals surface area contributed by atoms with Gasteiger partial charge in [0, 0.05) is 0 Å². The van der Waals surface area contributed by atoms with Crippen molar-refractivity contribution in [3.05, 3.63) is 0 Å². The quantitative estimate of drug-likeness (QED) is 0.313.